The quantitative estimate of drug-likeness (QED) is 0.420. The maximum atomic E-state index is 11.7. The van der Waals surface area contributed by atoms with Gasteiger partial charge in [0.1, 0.15) is 18.1 Å². The number of hydrogen-bond acceptors (Lipinski definition) is 7. The second-order valence-electron chi connectivity index (χ2n) is 7.80. The Morgan fingerprint density at radius 3 is 2.64 bits per heavy atom. The fourth-order valence-corrected chi connectivity index (χ4v) is 4.65. The zero-order valence-corrected chi connectivity index (χ0v) is 19.2. The van der Waals surface area contributed by atoms with E-state index in [1.807, 2.05) is 36.4 Å². The number of nitrogens with one attached hydrogen (secondary N) is 1. The third-order valence-corrected chi connectivity index (χ3v) is 6.57. The molecule has 0 radical (unpaired) electrons. The Balaban J connectivity index is 1.39. The van der Waals surface area contributed by atoms with Crippen LogP contribution in [0.3, 0.4) is 0 Å². The van der Waals surface area contributed by atoms with Crippen molar-refractivity contribution in [1.82, 2.24) is 10.3 Å². The number of hydrogen-bond donors (Lipinski definition) is 1. The molecule has 4 rings (SSSR count). The fraction of sp³-hybridized carbons (Fsp3) is 0.320. The number of thioether (sulfide) groups is 1. The molecule has 0 saturated carbocycles. The van der Waals surface area contributed by atoms with Crippen molar-refractivity contribution < 1.29 is 23.5 Å². The number of methoxy groups -OCH3 is 1. The molecule has 2 amide bonds. The number of carbonyl (C=O) groups excluding carboxylic acids is 2. The molecule has 1 fully saturated rings. The largest absolute Gasteiger partial charge is 0.493 e. The Labute approximate surface area is 196 Å². The van der Waals surface area contributed by atoms with Crippen molar-refractivity contribution in [2.75, 3.05) is 7.11 Å². The lowest BCUT2D eigenvalue weighted by Crippen LogP contribution is -2.24. The lowest BCUT2D eigenvalue weighted by Gasteiger charge is -2.19. The van der Waals surface area contributed by atoms with Gasteiger partial charge in [-0.25, -0.2) is 4.98 Å². The van der Waals surface area contributed by atoms with Crippen LogP contribution in [0.2, 0.25) is 0 Å². The summed E-state index contributed by atoms with van der Waals surface area (Å²) in [6.07, 6.45) is 6.53. The van der Waals surface area contributed by atoms with Gasteiger partial charge in [-0.2, -0.15) is 0 Å². The lowest BCUT2D eigenvalue weighted by atomic mass is 10.0. The maximum Gasteiger partial charge on any atom is 0.286 e. The van der Waals surface area contributed by atoms with Crippen molar-refractivity contribution in [1.29, 1.82) is 0 Å². The molecule has 1 aromatic heterocycles. The Hall–Kier alpha value is -3.26. The van der Waals surface area contributed by atoms with Gasteiger partial charge in [0.15, 0.2) is 17.9 Å². The minimum absolute atomic E-state index is 0.194. The number of benzene rings is 2. The molecule has 0 aliphatic carbocycles. The van der Waals surface area contributed by atoms with Gasteiger partial charge in [-0.05, 0) is 55.4 Å². The minimum atomic E-state index is -0.296. The third kappa shape index (κ3) is 6.16. The molecular formula is C25H26N2O5S. The molecule has 2 heterocycles. The molecule has 2 unspecified atom stereocenters. The number of rotatable bonds is 11. The summed E-state index contributed by atoms with van der Waals surface area (Å²) in [5, 5.41) is 1.77. The van der Waals surface area contributed by atoms with Gasteiger partial charge >= 0.3 is 0 Å². The van der Waals surface area contributed by atoms with E-state index in [4.69, 9.17) is 13.9 Å². The van der Waals surface area contributed by atoms with Crippen LogP contribution >= 0.6 is 11.8 Å². The normalized spacial score (nSPS) is 16.5. The molecule has 1 aliphatic heterocycles. The Kier molecular flexibility index (Phi) is 7.67. The van der Waals surface area contributed by atoms with Crippen molar-refractivity contribution in [2.45, 2.75) is 43.5 Å². The second-order valence-corrected chi connectivity index (χ2v) is 8.98. The van der Waals surface area contributed by atoms with Gasteiger partial charge in [0, 0.05) is 0 Å². The van der Waals surface area contributed by atoms with Crippen molar-refractivity contribution >= 4 is 22.9 Å². The van der Waals surface area contributed by atoms with Gasteiger partial charge in [0.05, 0.1) is 12.4 Å². The number of nitrogens with zero attached hydrogens (tertiary/aromatic N) is 1. The van der Waals surface area contributed by atoms with E-state index in [0.717, 1.165) is 48.7 Å². The van der Waals surface area contributed by atoms with Crippen molar-refractivity contribution in [2.24, 2.45) is 0 Å². The molecule has 1 N–H and O–H groups in total. The maximum absolute atomic E-state index is 11.7. The smallest absolute Gasteiger partial charge is 0.286 e. The number of carbonyl (C=O) groups is 2. The fourth-order valence-electron chi connectivity index (χ4n) is 3.78. The van der Waals surface area contributed by atoms with E-state index < -0.39 is 0 Å². The zero-order valence-electron chi connectivity index (χ0n) is 18.4. The molecule has 3 aromatic rings. The average molecular weight is 467 g/mol. The molecule has 2 atom stereocenters. The third-order valence-electron chi connectivity index (χ3n) is 5.52. The van der Waals surface area contributed by atoms with E-state index in [1.54, 1.807) is 13.4 Å². The van der Waals surface area contributed by atoms with Gasteiger partial charge in [0.2, 0.25) is 5.91 Å². The Bertz CT molecular complexity index is 1070. The molecule has 0 spiro atoms. The summed E-state index contributed by atoms with van der Waals surface area (Å²) in [5.41, 5.74) is 3.04. The first-order valence-electron chi connectivity index (χ1n) is 10.9. The molecule has 172 valence electrons. The predicted molar refractivity (Wildman–Crippen MR) is 125 cm³/mol. The highest BCUT2D eigenvalue weighted by molar-refractivity contribution is 8.15. The number of amides is 2. The SMILES string of the molecule is COc1cc(CCCC2SC(=O)NC2=O)ccc1OC(CCc1ccccc1)c1cocn1. The first-order valence-corrected chi connectivity index (χ1v) is 11.8. The summed E-state index contributed by atoms with van der Waals surface area (Å²) < 4.78 is 17.1. The number of ether oxygens (including phenoxy) is 2. The monoisotopic (exact) mass is 466 g/mol. The molecule has 7 nitrogen and oxygen atoms in total. The van der Waals surface area contributed by atoms with Crippen molar-refractivity contribution in [3.63, 3.8) is 0 Å². The highest BCUT2D eigenvalue weighted by atomic mass is 32.2. The van der Waals surface area contributed by atoms with Crippen LogP contribution in [0.1, 0.15) is 42.2 Å². The van der Waals surface area contributed by atoms with Gasteiger partial charge in [-0.3, -0.25) is 14.9 Å². The van der Waals surface area contributed by atoms with E-state index >= 15 is 0 Å². The second kappa shape index (κ2) is 11.0. The summed E-state index contributed by atoms with van der Waals surface area (Å²) in [6.45, 7) is 0. The average Bonchev–Trinajstić information content (AvgIpc) is 3.47. The van der Waals surface area contributed by atoms with Crippen LogP contribution in [0.25, 0.3) is 0 Å². The van der Waals surface area contributed by atoms with Gasteiger partial charge < -0.3 is 13.9 Å². The van der Waals surface area contributed by atoms with E-state index in [2.05, 4.69) is 22.4 Å². The number of oxazole rings is 1. The van der Waals surface area contributed by atoms with Crippen LogP contribution in [0.4, 0.5) is 4.79 Å². The Morgan fingerprint density at radius 1 is 1.09 bits per heavy atom. The highest BCUT2D eigenvalue weighted by Gasteiger charge is 2.30. The molecular weight excluding hydrogens is 440 g/mol. The summed E-state index contributed by atoms with van der Waals surface area (Å²) in [6, 6.07) is 16.1. The Morgan fingerprint density at radius 2 is 1.94 bits per heavy atom. The summed E-state index contributed by atoms with van der Waals surface area (Å²) in [7, 11) is 1.62. The van der Waals surface area contributed by atoms with Gasteiger partial charge in [0.25, 0.3) is 5.24 Å². The van der Waals surface area contributed by atoms with Crippen LogP contribution < -0.4 is 14.8 Å². The molecule has 1 saturated heterocycles. The minimum Gasteiger partial charge on any atom is -0.493 e. The van der Waals surface area contributed by atoms with Crippen LogP contribution in [0.15, 0.2) is 65.6 Å². The first-order chi connectivity index (χ1) is 16.1. The molecule has 33 heavy (non-hydrogen) atoms. The van der Waals surface area contributed by atoms with E-state index in [0.29, 0.717) is 17.9 Å². The highest BCUT2D eigenvalue weighted by Crippen LogP contribution is 2.34. The van der Waals surface area contributed by atoms with Crippen LogP contribution in [0.5, 0.6) is 11.5 Å². The summed E-state index contributed by atoms with van der Waals surface area (Å²) in [4.78, 5) is 27.3. The number of imide groups is 1. The predicted octanol–water partition coefficient (Wildman–Crippen LogP) is 5.11. The zero-order chi connectivity index (χ0) is 23.0. The van der Waals surface area contributed by atoms with Crippen LogP contribution in [-0.2, 0) is 17.6 Å². The van der Waals surface area contributed by atoms with Crippen molar-refractivity contribution in [3.05, 3.63) is 78.0 Å². The molecule has 8 heteroatoms. The summed E-state index contributed by atoms with van der Waals surface area (Å²) in [5.74, 6) is 1.09. The molecule has 1 aliphatic rings. The van der Waals surface area contributed by atoms with Gasteiger partial charge in [-0.15, -0.1) is 0 Å². The number of aromatic nitrogens is 1. The standard InChI is InChI=1S/C25H26N2O5S/c1-30-22-14-18(8-5-9-23-24(28)27-25(29)33-23)11-13-21(22)32-20(19-15-31-16-26-19)12-10-17-6-3-2-4-7-17/h2-4,6-7,11,13-16,20,23H,5,8-10,12H2,1H3,(H,27,28,29). The van der Waals surface area contributed by atoms with E-state index in [1.165, 1.54) is 12.0 Å². The first kappa shape index (κ1) is 22.9. The molecule has 2 aromatic carbocycles. The topological polar surface area (TPSA) is 90.7 Å². The van der Waals surface area contributed by atoms with Gasteiger partial charge in [-0.1, -0.05) is 48.2 Å². The van der Waals surface area contributed by atoms with E-state index in [9.17, 15) is 9.59 Å². The molecule has 0 bridgehead atoms. The van der Waals surface area contributed by atoms with E-state index in [-0.39, 0.29) is 22.5 Å². The lowest BCUT2D eigenvalue weighted by molar-refractivity contribution is -0.119. The number of aryl methyl sites for hydroxylation is 2. The van der Waals surface area contributed by atoms with Crippen LogP contribution in [-0.4, -0.2) is 28.5 Å². The van der Waals surface area contributed by atoms with Crippen molar-refractivity contribution in [3.8, 4) is 11.5 Å². The summed E-state index contributed by atoms with van der Waals surface area (Å²) >= 11 is 1.07. The van der Waals surface area contributed by atoms with Crippen LogP contribution in [0, 0.1) is 0 Å².